The van der Waals surface area contributed by atoms with Gasteiger partial charge in [0.25, 0.3) is 5.91 Å². The zero-order valence-electron chi connectivity index (χ0n) is 14.9. The van der Waals surface area contributed by atoms with E-state index in [0.29, 0.717) is 18.7 Å². The van der Waals surface area contributed by atoms with Crippen molar-refractivity contribution in [2.75, 3.05) is 24.7 Å². The maximum atomic E-state index is 12.9. The number of thioether (sulfide) groups is 1. The molecule has 1 fully saturated rings. The fourth-order valence-electron chi connectivity index (χ4n) is 3.35. The number of nitrogens with zero attached hydrogens (tertiary/aromatic N) is 1. The zero-order valence-corrected chi connectivity index (χ0v) is 15.8. The van der Waals surface area contributed by atoms with Crippen molar-refractivity contribution in [3.63, 3.8) is 0 Å². The molecule has 6 heteroatoms. The highest BCUT2D eigenvalue weighted by Gasteiger charge is 2.34. The third-order valence-electron chi connectivity index (χ3n) is 4.64. The first-order chi connectivity index (χ1) is 12.5. The van der Waals surface area contributed by atoms with Gasteiger partial charge < -0.3 is 16.0 Å². The lowest BCUT2D eigenvalue weighted by Gasteiger charge is -2.18. The molecule has 0 bridgehead atoms. The molecule has 0 unspecified atom stereocenters. The molecule has 0 spiro atoms. The van der Waals surface area contributed by atoms with Gasteiger partial charge in [0, 0.05) is 42.4 Å². The van der Waals surface area contributed by atoms with Gasteiger partial charge in [-0.25, -0.2) is 0 Å². The summed E-state index contributed by atoms with van der Waals surface area (Å²) in [6, 6.07) is 15.4. The Hall–Kier alpha value is -2.31. The molecule has 0 aliphatic carbocycles. The van der Waals surface area contributed by atoms with E-state index < -0.39 is 0 Å². The van der Waals surface area contributed by atoms with E-state index in [1.807, 2.05) is 35.4 Å². The summed E-state index contributed by atoms with van der Waals surface area (Å²) in [6.07, 6.45) is 1.92. The second kappa shape index (κ2) is 7.93. The van der Waals surface area contributed by atoms with Gasteiger partial charge in [-0.2, -0.15) is 0 Å². The van der Waals surface area contributed by atoms with E-state index in [1.54, 1.807) is 12.1 Å². The van der Waals surface area contributed by atoms with Crippen LogP contribution in [0.4, 0.5) is 5.69 Å². The summed E-state index contributed by atoms with van der Waals surface area (Å²) >= 11 is 1.50. The molecule has 2 amide bonds. The first kappa shape index (κ1) is 18.5. The fraction of sp³-hybridized carbons (Fsp3) is 0.300. The maximum Gasteiger partial charge on any atom is 0.253 e. The molecule has 2 aromatic carbocycles. The Kier molecular flexibility index (Phi) is 5.64. The van der Waals surface area contributed by atoms with Crippen molar-refractivity contribution in [1.29, 1.82) is 0 Å². The van der Waals surface area contributed by atoms with Gasteiger partial charge in [-0.05, 0) is 30.0 Å². The molecule has 0 radical (unpaired) electrons. The van der Waals surface area contributed by atoms with Crippen LogP contribution in [0.3, 0.4) is 0 Å². The van der Waals surface area contributed by atoms with Crippen molar-refractivity contribution in [2.45, 2.75) is 23.8 Å². The normalized spacial score (nSPS) is 19.4. The summed E-state index contributed by atoms with van der Waals surface area (Å²) < 4.78 is 0. The number of likely N-dealkylation sites (tertiary alicyclic amines) is 1. The van der Waals surface area contributed by atoms with Crippen LogP contribution in [-0.2, 0) is 4.79 Å². The average Bonchev–Trinajstić information content (AvgIpc) is 3.03. The highest BCUT2D eigenvalue weighted by Crippen LogP contribution is 2.30. The summed E-state index contributed by atoms with van der Waals surface area (Å²) in [5.41, 5.74) is 8.81. The molecule has 136 valence electrons. The van der Waals surface area contributed by atoms with Crippen LogP contribution < -0.4 is 11.1 Å². The lowest BCUT2D eigenvalue weighted by molar-refractivity contribution is -0.114. The Bertz CT molecular complexity index is 810. The van der Waals surface area contributed by atoms with Crippen molar-refractivity contribution < 1.29 is 9.59 Å². The summed E-state index contributed by atoms with van der Waals surface area (Å²) in [5.74, 6) is -0.00187. The molecular formula is C20H23N3O2S. The minimum Gasteiger partial charge on any atom is -0.336 e. The summed E-state index contributed by atoms with van der Waals surface area (Å²) in [5, 5.41) is 2.79. The fourth-order valence-corrected chi connectivity index (χ4v) is 3.93. The van der Waals surface area contributed by atoms with Crippen LogP contribution in [0, 0.1) is 0 Å². The molecule has 2 aromatic rings. The number of hydrogen-bond acceptors (Lipinski definition) is 4. The molecule has 1 aliphatic rings. The Morgan fingerprint density at radius 2 is 1.88 bits per heavy atom. The van der Waals surface area contributed by atoms with E-state index in [0.717, 1.165) is 10.6 Å². The predicted molar refractivity (Wildman–Crippen MR) is 106 cm³/mol. The highest BCUT2D eigenvalue weighted by atomic mass is 32.2. The number of anilines is 1. The average molecular weight is 369 g/mol. The number of amides is 2. The van der Waals surface area contributed by atoms with E-state index in [4.69, 9.17) is 5.73 Å². The number of nitrogens with two attached hydrogens (primary N) is 1. The van der Waals surface area contributed by atoms with Gasteiger partial charge in [0.05, 0.1) is 5.69 Å². The predicted octanol–water partition coefficient (Wildman–Crippen LogP) is 2.93. The van der Waals surface area contributed by atoms with Gasteiger partial charge in [-0.15, -0.1) is 11.8 Å². The van der Waals surface area contributed by atoms with Crippen molar-refractivity contribution in [2.24, 2.45) is 5.73 Å². The van der Waals surface area contributed by atoms with E-state index in [1.165, 1.54) is 24.2 Å². The molecule has 3 N–H and O–H groups in total. The number of nitrogens with one attached hydrogen (secondary N) is 1. The molecular weight excluding hydrogens is 346 g/mol. The lowest BCUT2D eigenvalue weighted by Crippen LogP contribution is -2.32. The summed E-state index contributed by atoms with van der Waals surface area (Å²) in [4.78, 5) is 26.9. The number of carbonyl (C=O) groups is 2. The minimum atomic E-state index is -0.129. The Balaban J connectivity index is 1.78. The van der Waals surface area contributed by atoms with Crippen LogP contribution in [0.25, 0.3) is 0 Å². The molecule has 1 aliphatic heterocycles. The van der Waals surface area contributed by atoms with E-state index >= 15 is 0 Å². The van der Waals surface area contributed by atoms with Gasteiger partial charge in [0.15, 0.2) is 0 Å². The van der Waals surface area contributed by atoms with E-state index in [-0.39, 0.29) is 23.8 Å². The SMILES string of the molecule is CSc1cc(C(=O)N2C[C@@H](N)[C@H](c3ccccc3)C2)ccc1NC(C)=O. The van der Waals surface area contributed by atoms with Crippen molar-refractivity contribution >= 4 is 29.3 Å². The van der Waals surface area contributed by atoms with Gasteiger partial charge in [0.1, 0.15) is 0 Å². The van der Waals surface area contributed by atoms with Crippen LogP contribution >= 0.6 is 11.8 Å². The summed E-state index contributed by atoms with van der Waals surface area (Å²) in [6.45, 7) is 2.63. The topological polar surface area (TPSA) is 75.4 Å². The zero-order chi connectivity index (χ0) is 18.7. The molecule has 3 rings (SSSR count). The molecule has 26 heavy (non-hydrogen) atoms. The van der Waals surface area contributed by atoms with Gasteiger partial charge in [-0.3, -0.25) is 9.59 Å². The summed E-state index contributed by atoms with van der Waals surface area (Å²) in [7, 11) is 0. The molecule has 0 saturated carbocycles. The molecule has 5 nitrogen and oxygen atoms in total. The highest BCUT2D eigenvalue weighted by molar-refractivity contribution is 7.98. The molecule has 1 saturated heterocycles. The lowest BCUT2D eigenvalue weighted by atomic mass is 9.95. The second-order valence-electron chi connectivity index (χ2n) is 6.49. The Labute approximate surface area is 157 Å². The molecule has 0 aromatic heterocycles. The first-order valence-electron chi connectivity index (χ1n) is 8.55. The van der Waals surface area contributed by atoms with Crippen LogP contribution in [0.15, 0.2) is 53.4 Å². The van der Waals surface area contributed by atoms with Crippen molar-refractivity contribution in [1.82, 2.24) is 4.90 Å². The number of hydrogen-bond donors (Lipinski definition) is 2. The van der Waals surface area contributed by atoms with E-state index in [9.17, 15) is 9.59 Å². The van der Waals surface area contributed by atoms with Gasteiger partial charge >= 0.3 is 0 Å². The van der Waals surface area contributed by atoms with Crippen LogP contribution in [0.5, 0.6) is 0 Å². The Morgan fingerprint density at radius 1 is 1.15 bits per heavy atom. The third-order valence-corrected chi connectivity index (χ3v) is 5.42. The maximum absolute atomic E-state index is 12.9. The quantitative estimate of drug-likeness (QED) is 0.813. The Morgan fingerprint density at radius 3 is 2.54 bits per heavy atom. The second-order valence-corrected chi connectivity index (χ2v) is 7.34. The molecule has 2 atom stereocenters. The smallest absolute Gasteiger partial charge is 0.253 e. The third kappa shape index (κ3) is 3.92. The molecule has 1 heterocycles. The number of rotatable bonds is 4. The van der Waals surface area contributed by atoms with Crippen LogP contribution in [0.1, 0.15) is 28.8 Å². The monoisotopic (exact) mass is 369 g/mol. The number of benzene rings is 2. The first-order valence-corrected chi connectivity index (χ1v) is 9.77. The largest absolute Gasteiger partial charge is 0.336 e. The van der Waals surface area contributed by atoms with Crippen LogP contribution in [0.2, 0.25) is 0 Å². The van der Waals surface area contributed by atoms with Crippen molar-refractivity contribution in [3.8, 4) is 0 Å². The van der Waals surface area contributed by atoms with Gasteiger partial charge in [0.2, 0.25) is 5.91 Å². The van der Waals surface area contributed by atoms with Gasteiger partial charge in [-0.1, -0.05) is 30.3 Å². The minimum absolute atomic E-state index is 0.0245. The number of carbonyl (C=O) groups excluding carboxylic acids is 2. The van der Waals surface area contributed by atoms with E-state index in [2.05, 4.69) is 17.4 Å². The van der Waals surface area contributed by atoms with Crippen molar-refractivity contribution in [3.05, 3.63) is 59.7 Å². The standard InChI is InChI=1S/C20H23N3O2S/c1-13(24)22-18-9-8-15(10-19(18)26-2)20(25)23-11-16(17(21)12-23)14-6-4-3-5-7-14/h3-10,16-17H,11-12,21H2,1-2H3,(H,22,24)/t16-,17+/m0/s1. The van der Waals surface area contributed by atoms with Crippen LogP contribution in [-0.4, -0.2) is 42.1 Å².